The Labute approximate surface area is 155 Å². The Hall–Kier alpha value is -3.67. The minimum atomic E-state index is -0.383. The van der Waals surface area contributed by atoms with E-state index in [0.717, 1.165) is 38.6 Å². The van der Waals surface area contributed by atoms with Crippen LogP contribution in [0.5, 0.6) is 0 Å². The van der Waals surface area contributed by atoms with E-state index in [1.54, 1.807) is 19.1 Å². The van der Waals surface area contributed by atoms with Crippen molar-refractivity contribution in [3.05, 3.63) is 81.9 Å². The molecule has 0 aliphatic rings. The number of fused-ring (bicyclic) bond motifs is 3. The largest absolute Gasteiger partial charge is 0.411 e. The van der Waals surface area contributed by atoms with E-state index >= 15 is 0 Å². The van der Waals surface area contributed by atoms with E-state index in [1.807, 2.05) is 49.4 Å². The number of nitro benzene ring substituents is 1. The van der Waals surface area contributed by atoms with Crippen molar-refractivity contribution in [2.45, 2.75) is 13.8 Å². The van der Waals surface area contributed by atoms with Gasteiger partial charge >= 0.3 is 0 Å². The summed E-state index contributed by atoms with van der Waals surface area (Å²) in [6, 6.07) is 18.6. The number of nitro groups is 1. The highest BCUT2D eigenvalue weighted by atomic mass is 16.6. The Morgan fingerprint density at radius 3 is 2.52 bits per heavy atom. The zero-order valence-corrected chi connectivity index (χ0v) is 14.9. The van der Waals surface area contributed by atoms with Gasteiger partial charge in [-0.3, -0.25) is 10.1 Å². The van der Waals surface area contributed by atoms with Crippen LogP contribution in [-0.2, 0) is 0 Å². The van der Waals surface area contributed by atoms with Gasteiger partial charge in [0.25, 0.3) is 5.69 Å². The van der Waals surface area contributed by atoms with Crippen molar-refractivity contribution in [2.75, 3.05) is 0 Å². The topological polar surface area (TPSA) is 80.7 Å². The van der Waals surface area contributed by atoms with Crippen molar-refractivity contribution in [3.8, 4) is 5.69 Å². The number of aromatic nitrogens is 1. The number of non-ortho nitro benzene ring substituents is 1. The molecule has 0 fully saturated rings. The summed E-state index contributed by atoms with van der Waals surface area (Å²) < 4.78 is 2.06. The standard InChI is InChI=1S/C21H17N3O3/c1-13-7-9-16(14(2)22-25)21(11-13)23-19-6-4-3-5-17(19)18-12-15(24(26)27)8-10-20(18)23/h3-12,25H,1-2H3. The van der Waals surface area contributed by atoms with Crippen LogP contribution in [0.4, 0.5) is 5.69 Å². The molecule has 0 aliphatic heterocycles. The van der Waals surface area contributed by atoms with E-state index in [9.17, 15) is 15.3 Å². The lowest BCUT2D eigenvalue weighted by atomic mass is 10.1. The van der Waals surface area contributed by atoms with Gasteiger partial charge in [-0.1, -0.05) is 35.5 Å². The van der Waals surface area contributed by atoms with Crippen molar-refractivity contribution in [1.82, 2.24) is 4.57 Å². The van der Waals surface area contributed by atoms with E-state index in [4.69, 9.17) is 0 Å². The Balaban J connectivity index is 2.17. The van der Waals surface area contributed by atoms with E-state index in [0.29, 0.717) is 5.71 Å². The van der Waals surface area contributed by atoms with Crippen LogP contribution in [0.15, 0.2) is 65.8 Å². The van der Waals surface area contributed by atoms with E-state index in [2.05, 4.69) is 9.72 Å². The molecule has 0 saturated heterocycles. The molecule has 1 heterocycles. The minimum Gasteiger partial charge on any atom is -0.411 e. The first-order valence-electron chi connectivity index (χ1n) is 8.49. The van der Waals surface area contributed by atoms with Gasteiger partial charge < -0.3 is 9.77 Å². The van der Waals surface area contributed by atoms with Crippen molar-refractivity contribution in [1.29, 1.82) is 0 Å². The fourth-order valence-electron chi connectivity index (χ4n) is 3.52. The van der Waals surface area contributed by atoms with Gasteiger partial charge in [0.2, 0.25) is 0 Å². The van der Waals surface area contributed by atoms with Gasteiger partial charge in [-0.2, -0.15) is 0 Å². The fraction of sp³-hybridized carbons (Fsp3) is 0.0952. The molecule has 27 heavy (non-hydrogen) atoms. The summed E-state index contributed by atoms with van der Waals surface area (Å²) in [6.45, 7) is 3.74. The quantitative estimate of drug-likeness (QED) is 0.236. The molecule has 0 unspecified atom stereocenters. The van der Waals surface area contributed by atoms with Crippen molar-refractivity contribution < 1.29 is 10.1 Å². The molecule has 6 heteroatoms. The molecule has 0 radical (unpaired) electrons. The van der Waals surface area contributed by atoms with Crippen LogP contribution < -0.4 is 0 Å². The number of hydrogen-bond acceptors (Lipinski definition) is 4. The molecular weight excluding hydrogens is 342 g/mol. The molecule has 0 amide bonds. The van der Waals surface area contributed by atoms with Gasteiger partial charge in [-0.25, -0.2) is 0 Å². The first-order chi connectivity index (χ1) is 13.0. The van der Waals surface area contributed by atoms with Crippen molar-refractivity contribution in [2.24, 2.45) is 5.16 Å². The molecular formula is C21H17N3O3. The van der Waals surface area contributed by atoms with Gasteiger partial charge in [-0.05, 0) is 37.6 Å². The smallest absolute Gasteiger partial charge is 0.270 e. The first kappa shape index (κ1) is 16.8. The molecule has 0 bridgehead atoms. The van der Waals surface area contributed by atoms with E-state index < -0.39 is 0 Å². The molecule has 134 valence electrons. The minimum absolute atomic E-state index is 0.0583. The highest BCUT2D eigenvalue weighted by molar-refractivity contribution is 6.11. The summed E-state index contributed by atoms with van der Waals surface area (Å²) in [5, 5.41) is 25.7. The van der Waals surface area contributed by atoms with Crippen LogP contribution in [0.1, 0.15) is 18.1 Å². The van der Waals surface area contributed by atoms with Gasteiger partial charge in [0.15, 0.2) is 0 Å². The molecule has 6 nitrogen and oxygen atoms in total. The van der Waals surface area contributed by atoms with Crippen LogP contribution in [-0.4, -0.2) is 20.4 Å². The average molecular weight is 359 g/mol. The van der Waals surface area contributed by atoms with Crippen LogP contribution in [0.25, 0.3) is 27.5 Å². The number of benzene rings is 3. The lowest BCUT2D eigenvalue weighted by Gasteiger charge is -2.14. The predicted molar refractivity (Wildman–Crippen MR) is 106 cm³/mol. The lowest BCUT2D eigenvalue weighted by molar-refractivity contribution is -0.384. The maximum Gasteiger partial charge on any atom is 0.270 e. The van der Waals surface area contributed by atoms with E-state index in [-0.39, 0.29) is 10.6 Å². The van der Waals surface area contributed by atoms with Crippen LogP contribution in [0.3, 0.4) is 0 Å². The number of aryl methyl sites for hydroxylation is 1. The van der Waals surface area contributed by atoms with Crippen LogP contribution >= 0.6 is 0 Å². The Bertz CT molecular complexity index is 1240. The summed E-state index contributed by atoms with van der Waals surface area (Å²) in [7, 11) is 0. The highest BCUT2D eigenvalue weighted by Crippen LogP contribution is 2.35. The summed E-state index contributed by atoms with van der Waals surface area (Å²) >= 11 is 0. The maximum absolute atomic E-state index is 11.2. The number of nitrogens with zero attached hydrogens (tertiary/aromatic N) is 3. The molecule has 1 aromatic heterocycles. The monoisotopic (exact) mass is 359 g/mol. The number of para-hydroxylation sites is 1. The van der Waals surface area contributed by atoms with Gasteiger partial charge in [0.05, 0.1) is 27.4 Å². The van der Waals surface area contributed by atoms with Crippen LogP contribution in [0, 0.1) is 17.0 Å². The van der Waals surface area contributed by atoms with Crippen molar-refractivity contribution in [3.63, 3.8) is 0 Å². The summed E-state index contributed by atoms with van der Waals surface area (Å²) in [5.74, 6) is 0. The second kappa shape index (κ2) is 6.25. The predicted octanol–water partition coefficient (Wildman–Crippen LogP) is 5.20. The maximum atomic E-state index is 11.2. The molecule has 4 rings (SSSR count). The third-order valence-corrected chi connectivity index (χ3v) is 4.80. The average Bonchev–Trinajstić information content (AvgIpc) is 3.01. The Kier molecular flexibility index (Phi) is 3.88. The SMILES string of the molecule is CC(=NO)c1ccc(C)cc1-n1c2ccccc2c2cc([N+](=O)[O-])ccc21. The molecule has 0 saturated carbocycles. The summed E-state index contributed by atoms with van der Waals surface area (Å²) in [6.07, 6.45) is 0. The third kappa shape index (κ3) is 2.62. The second-order valence-electron chi connectivity index (χ2n) is 6.52. The summed E-state index contributed by atoms with van der Waals surface area (Å²) in [5.41, 5.74) is 5.08. The number of oxime groups is 1. The molecule has 3 aromatic carbocycles. The number of hydrogen-bond donors (Lipinski definition) is 1. The first-order valence-corrected chi connectivity index (χ1v) is 8.49. The Morgan fingerprint density at radius 2 is 1.78 bits per heavy atom. The molecule has 0 atom stereocenters. The van der Waals surface area contributed by atoms with Gasteiger partial charge in [0, 0.05) is 28.5 Å². The highest BCUT2D eigenvalue weighted by Gasteiger charge is 2.18. The normalized spacial score (nSPS) is 12.0. The van der Waals surface area contributed by atoms with Crippen molar-refractivity contribution >= 4 is 33.2 Å². The van der Waals surface area contributed by atoms with Gasteiger partial charge in [0.1, 0.15) is 0 Å². The zero-order chi connectivity index (χ0) is 19.1. The Morgan fingerprint density at radius 1 is 1.04 bits per heavy atom. The second-order valence-corrected chi connectivity index (χ2v) is 6.52. The molecule has 1 N–H and O–H groups in total. The van der Waals surface area contributed by atoms with E-state index in [1.165, 1.54) is 6.07 Å². The summed E-state index contributed by atoms with van der Waals surface area (Å²) in [4.78, 5) is 10.9. The number of rotatable bonds is 3. The molecule has 0 spiro atoms. The lowest BCUT2D eigenvalue weighted by Crippen LogP contribution is -2.05. The van der Waals surface area contributed by atoms with Gasteiger partial charge in [-0.15, -0.1) is 0 Å². The zero-order valence-electron chi connectivity index (χ0n) is 14.9. The van der Waals surface area contributed by atoms with Crippen LogP contribution in [0.2, 0.25) is 0 Å². The molecule has 4 aromatic rings. The molecule has 0 aliphatic carbocycles. The third-order valence-electron chi connectivity index (χ3n) is 4.80. The fourth-order valence-corrected chi connectivity index (χ4v) is 3.52.